The van der Waals surface area contributed by atoms with E-state index in [1.54, 1.807) is 0 Å². The molecule has 0 radical (unpaired) electrons. The van der Waals surface area contributed by atoms with Gasteiger partial charge in [-0.15, -0.1) is 0 Å². The van der Waals surface area contributed by atoms with E-state index >= 15 is 0 Å². The first kappa shape index (κ1) is 14.4. The summed E-state index contributed by atoms with van der Waals surface area (Å²) >= 11 is 5.83. The molecule has 19 heavy (non-hydrogen) atoms. The van der Waals surface area contributed by atoms with Crippen LogP contribution in [0.15, 0.2) is 24.3 Å². The van der Waals surface area contributed by atoms with E-state index in [0.717, 1.165) is 30.0 Å². The Kier molecular flexibility index (Phi) is 5.23. The van der Waals surface area contributed by atoms with Crippen LogP contribution in [0.25, 0.3) is 0 Å². The van der Waals surface area contributed by atoms with Crippen molar-refractivity contribution < 1.29 is 4.79 Å². The Labute approximate surface area is 119 Å². The minimum atomic E-state index is -0.0361. The molecule has 3 nitrogen and oxygen atoms in total. The van der Waals surface area contributed by atoms with E-state index in [2.05, 4.69) is 17.6 Å². The third-order valence-electron chi connectivity index (χ3n) is 3.79. The normalized spacial score (nSPS) is 23.1. The van der Waals surface area contributed by atoms with Crippen molar-refractivity contribution in [2.45, 2.75) is 38.8 Å². The van der Waals surface area contributed by atoms with Crippen LogP contribution in [0, 0.1) is 5.92 Å². The quantitative estimate of drug-likeness (QED) is 0.890. The summed E-state index contributed by atoms with van der Waals surface area (Å²) in [5, 5.41) is 7.00. The van der Waals surface area contributed by atoms with E-state index in [1.165, 1.54) is 6.42 Å². The Morgan fingerprint density at radius 2 is 2.16 bits per heavy atom. The van der Waals surface area contributed by atoms with Gasteiger partial charge in [0, 0.05) is 11.6 Å². The van der Waals surface area contributed by atoms with Gasteiger partial charge in [0.1, 0.15) is 0 Å². The molecule has 1 heterocycles. The molecule has 2 N–H and O–H groups in total. The minimum absolute atomic E-state index is 0.0361. The van der Waals surface area contributed by atoms with Gasteiger partial charge in [0.25, 0.3) is 0 Å². The van der Waals surface area contributed by atoms with Crippen LogP contribution in [0.1, 0.15) is 31.7 Å². The molecule has 2 atom stereocenters. The molecule has 2 unspecified atom stereocenters. The first-order valence-corrected chi connectivity index (χ1v) is 7.32. The molecule has 0 saturated carbocycles. The van der Waals surface area contributed by atoms with Gasteiger partial charge in [-0.2, -0.15) is 0 Å². The lowest BCUT2D eigenvalue weighted by molar-refractivity contribution is -0.124. The number of rotatable bonds is 4. The van der Waals surface area contributed by atoms with Crippen molar-refractivity contribution in [1.82, 2.24) is 10.6 Å². The number of halogens is 1. The average molecular weight is 281 g/mol. The van der Waals surface area contributed by atoms with Gasteiger partial charge in [0.15, 0.2) is 0 Å². The molecular weight excluding hydrogens is 260 g/mol. The van der Waals surface area contributed by atoms with Crippen molar-refractivity contribution >= 4 is 17.5 Å². The largest absolute Gasteiger partial charge is 0.351 e. The van der Waals surface area contributed by atoms with Gasteiger partial charge in [-0.3, -0.25) is 4.79 Å². The van der Waals surface area contributed by atoms with Gasteiger partial charge >= 0.3 is 0 Å². The van der Waals surface area contributed by atoms with Crippen molar-refractivity contribution in [2.24, 2.45) is 5.92 Å². The highest BCUT2D eigenvalue weighted by Crippen LogP contribution is 2.19. The van der Waals surface area contributed by atoms with E-state index in [9.17, 15) is 4.79 Å². The summed E-state index contributed by atoms with van der Waals surface area (Å²) in [5.41, 5.74) is 1.07. The van der Waals surface area contributed by atoms with Crippen LogP contribution in [0.2, 0.25) is 5.02 Å². The van der Waals surface area contributed by atoms with Crippen LogP contribution in [-0.2, 0) is 11.3 Å². The number of nitrogens with one attached hydrogen (secondary N) is 2. The van der Waals surface area contributed by atoms with Crippen molar-refractivity contribution in [2.75, 3.05) is 6.54 Å². The van der Waals surface area contributed by atoms with Gasteiger partial charge in [-0.25, -0.2) is 0 Å². The zero-order chi connectivity index (χ0) is 13.7. The topological polar surface area (TPSA) is 41.1 Å². The summed E-state index contributed by atoms with van der Waals surface area (Å²) < 4.78 is 0. The summed E-state index contributed by atoms with van der Waals surface area (Å²) in [6.07, 6.45) is 3.28. The SMILES string of the molecule is CCC1CCNC(C(=O)NCc2ccc(Cl)cc2)C1. The lowest BCUT2D eigenvalue weighted by Crippen LogP contribution is -2.48. The number of carbonyl (C=O) groups excluding carboxylic acids is 1. The Morgan fingerprint density at radius 1 is 1.42 bits per heavy atom. The van der Waals surface area contributed by atoms with Crippen LogP contribution >= 0.6 is 11.6 Å². The van der Waals surface area contributed by atoms with Crippen LogP contribution in [0.3, 0.4) is 0 Å². The Bertz CT molecular complexity index is 419. The fraction of sp³-hybridized carbons (Fsp3) is 0.533. The van der Waals surface area contributed by atoms with E-state index in [0.29, 0.717) is 12.5 Å². The second-order valence-corrected chi connectivity index (χ2v) is 5.59. The molecule has 0 bridgehead atoms. The smallest absolute Gasteiger partial charge is 0.237 e. The van der Waals surface area contributed by atoms with Gasteiger partial charge in [0.05, 0.1) is 6.04 Å². The molecule has 2 rings (SSSR count). The van der Waals surface area contributed by atoms with Crippen molar-refractivity contribution in [3.63, 3.8) is 0 Å². The number of hydrogen-bond acceptors (Lipinski definition) is 2. The summed E-state index contributed by atoms with van der Waals surface area (Å²) in [4.78, 5) is 12.1. The molecule has 1 aliphatic heterocycles. The maximum Gasteiger partial charge on any atom is 0.237 e. The Hall–Kier alpha value is -1.06. The molecule has 0 aromatic heterocycles. The first-order valence-electron chi connectivity index (χ1n) is 6.94. The molecule has 104 valence electrons. The molecule has 1 fully saturated rings. The molecule has 1 aromatic carbocycles. The lowest BCUT2D eigenvalue weighted by atomic mass is 9.90. The average Bonchev–Trinajstić information content (AvgIpc) is 2.46. The van der Waals surface area contributed by atoms with Crippen molar-refractivity contribution in [3.8, 4) is 0 Å². The lowest BCUT2D eigenvalue weighted by Gasteiger charge is -2.28. The molecule has 1 saturated heterocycles. The molecule has 1 aromatic rings. The summed E-state index contributed by atoms with van der Waals surface area (Å²) in [6.45, 7) is 3.70. The second-order valence-electron chi connectivity index (χ2n) is 5.15. The molecule has 1 aliphatic rings. The predicted octanol–water partition coefficient (Wildman–Crippen LogP) is 2.73. The number of hydrogen-bond donors (Lipinski definition) is 2. The fourth-order valence-electron chi connectivity index (χ4n) is 2.48. The maximum atomic E-state index is 12.1. The first-order chi connectivity index (χ1) is 9.19. The van der Waals surface area contributed by atoms with Gasteiger partial charge < -0.3 is 10.6 Å². The summed E-state index contributed by atoms with van der Waals surface area (Å²) in [5.74, 6) is 0.778. The van der Waals surface area contributed by atoms with Gasteiger partial charge in [-0.05, 0) is 43.0 Å². The molecule has 4 heteroatoms. The Balaban J connectivity index is 1.82. The zero-order valence-electron chi connectivity index (χ0n) is 11.3. The number of amides is 1. The maximum absolute atomic E-state index is 12.1. The van der Waals surface area contributed by atoms with Gasteiger partial charge in [0.2, 0.25) is 5.91 Å². The third-order valence-corrected chi connectivity index (χ3v) is 4.04. The van der Waals surface area contributed by atoms with E-state index in [4.69, 9.17) is 11.6 Å². The van der Waals surface area contributed by atoms with E-state index in [1.807, 2.05) is 24.3 Å². The highest BCUT2D eigenvalue weighted by molar-refractivity contribution is 6.30. The van der Waals surface area contributed by atoms with E-state index in [-0.39, 0.29) is 11.9 Å². The monoisotopic (exact) mass is 280 g/mol. The predicted molar refractivity (Wildman–Crippen MR) is 78.1 cm³/mol. The van der Waals surface area contributed by atoms with Crippen molar-refractivity contribution in [1.29, 1.82) is 0 Å². The van der Waals surface area contributed by atoms with Crippen molar-refractivity contribution in [3.05, 3.63) is 34.9 Å². The third kappa shape index (κ3) is 4.22. The molecule has 0 spiro atoms. The minimum Gasteiger partial charge on any atom is -0.351 e. The van der Waals surface area contributed by atoms with Gasteiger partial charge in [-0.1, -0.05) is 37.1 Å². The fourth-order valence-corrected chi connectivity index (χ4v) is 2.61. The zero-order valence-corrected chi connectivity index (χ0v) is 12.0. The number of carbonyl (C=O) groups is 1. The number of piperidine rings is 1. The van der Waals surface area contributed by atoms with Crippen LogP contribution in [-0.4, -0.2) is 18.5 Å². The highest BCUT2D eigenvalue weighted by atomic mass is 35.5. The second kappa shape index (κ2) is 6.92. The van der Waals surface area contributed by atoms with Crippen LogP contribution in [0.5, 0.6) is 0 Å². The molecule has 1 amide bonds. The van der Waals surface area contributed by atoms with Crippen LogP contribution < -0.4 is 10.6 Å². The standard InChI is InChI=1S/C15H21ClN2O/c1-2-11-7-8-17-14(9-11)15(19)18-10-12-3-5-13(16)6-4-12/h3-6,11,14,17H,2,7-10H2,1H3,(H,18,19). The van der Waals surface area contributed by atoms with Crippen LogP contribution in [0.4, 0.5) is 0 Å². The molecular formula is C15H21ClN2O. The Morgan fingerprint density at radius 3 is 2.84 bits per heavy atom. The van der Waals surface area contributed by atoms with E-state index < -0.39 is 0 Å². The highest BCUT2D eigenvalue weighted by Gasteiger charge is 2.25. The molecule has 0 aliphatic carbocycles. The summed E-state index contributed by atoms with van der Waals surface area (Å²) in [7, 11) is 0. The summed E-state index contributed by atoms with van der Waals surface area (Å²) in [6, 6.07) is 7.52. The number of benzene rings is 1.